The molecule has 0 saturated carbocycles. The van der Waals surface area contributed by atoms with Crippen LogP contribution in [0.15, 0.2) is 5.03 Å². The fraction of sp³-hybridized carbons (Fsp3) is 0.583. The van der Waals surface area contributed by atoms with E-state index in [-0.39, 0.29) is 10.6 Å². The molecule has 1 aromatic rings. The Morgan fingerprint density at radius 1 is 1.42 bits per heavy atom. The van der Waals surface area contributed by atoms with Gasteiger partial charge in [0.1, 0.15) is 5.03 Å². The Kier molecular flexibility index (Phi) is 6.75. The Morgan fingerprint density at radius 2 is 2.11 bits per heavy atom. The molecule has 0 saturated heterocycles. The maximum absolute atomic E-state index is 10.9. The highest BCUT2D eigenvalue weighted by Gasteiger charge is 2.21. The Bertz CT molecular complexity index is 438. The summed E-state index contributed by atoms with van der Waals surface area (Å²) in [7, 11) is 0. The number of hydrogen-bond acceptors (Lipinski definition) is 6. The largest absolute Gasteiger partial charge is 0.478 e. The summed E-state index contributed by atoms with van der Waals surface area (Å²) < 4.78 is 4.83. The number of hydrogen-bond donors (Lipinski definition) is 3. The van der Waals surface area contributed by atoms with E-state index in [1.165, 1.54) is 0 Å². The van der Waals surface area contributed by atoms with E-state index < -0.39 is 5.97 Å². The van der Waals surface area contributed by atoms with E-state index in [0.717, 1.165) is 31.9 Å². The van der Waals surface area contributed by atoms with Gasteiger partial charge in [-0.25, -0.2) is 4.79 Å². The number of carbonyl (C=O) groups is 1. The van der Waals surface area contributed by atoms with Gasteiger partial charge in [0.2, 0.25) is 0 Å². The molecule has 2 rings (SSSR count). The minimum absolute atomic E-state index is 0.172. The maximum Gasteiger partial charge on any atom is 0.338 e. The number of carboxylic acid groups (broad SMARTS) is 1. The van der Waals surface area contributed by atoms with Crippen molar-refractivity contribution in [3.63, 3.8) is 0 Å². The van der Waals surface area contributed by atoms with E-state index in [0.29, 0.717) is 12.1 Å². The van der Waals surface area contributed by atoms with Gasteiger partial charge in [-0.3, -0.25) is 0 Å². The second kappa shape index (κ2) is 8.08. The summed E-state index contributed by atoms with van der Waals surface area (Å²) in [5.41, 5.74) is 1.65. The molecule has 0 radical (unpaired) electrons. The lowest BCUT2D eigenvalue weighted by atomic mass is 10.0. The zero-order valence-electron chi connectivity index (χ0n) is 11.1. The van der Waals surface area contributed by atoms with Crippen LogP contribution in [-0.2, 0) is 17.7 Å². The van der Waals surface area contributed by atoms with Gasteiger partial charge in [-0.05, 0) is 13.8 Å². The van der Waals surface area contributed by atoms with Crippen molar-refractivity contribution in [2.45, 2.75) is 31.8 Å². The number of nitrogens with zero attached hydrogens (tertiary/aromatic N) is 2. The summed E-state index contributed by atoms with van der Waals surface area (Å²) in [6.07, 6.45) is 0.719. The molecule has 0 fully saturated rings. The average Bonchev–Trinajstić information content (AvgIpc) is 2.39. The summed E-state index contributed by atoms with van der Waals surface area (Å²) in [6, 6.07) is 0. The van der Waals surface area contributed by atoms with Crippen molar-refractivity contribution in [1.29, 1.82) is 0 Å². The molecule has 1 aromatic heterocycles. The number of ether oxygens (including phenoxy) is 1. The molecule has 0 spiro atoms. The molecule has 1 aliphatic rings. The molecule has 19 heavy (non-hydrogen) atoms. The average molecular weight is 285 g/mol. The zero-order valence-corrected chi connectivity index (χ0v) is 12.0. The van der Waals surface area contributed by atoms with Gasteiger partial charge >= 0.3 is 5.97 Å². The molecule has 0 unspecified atom stereocenters. The Hall–Kier alpha value is -1.18. The summed E-state index contributed by atoms with van der Waals surface area (Å²) in [5.74, 6) is -0.996. The molecule has 106 valence electrons. The number of aromatic nitrogens is 2. The zero-order chi connectivity index (χ0) is 14.3. The van der Waals surface area contributed by atoms with Gasteiger partial charge in [-0.15, -0.1) is 17.7 Å². The summed E-state index contributed by atoms with van der Waals surface area (Å²) in [6.45, 7) is 7.01. The first-order valence-electron chi connectivity index (χ1n) is 6.20. The van der Waals surface area contributed by atoms with Crippen LogP contribution in [0.3, 0.4) is 0 Å². The Balaban J connectivity index is 0.000000312. The first kappa shape index (κ1) is 15.9. The summed E-state index contributed by atoms with van der Waals surface area (Å²) >= 11 is 3.99. The van der Waals surface area contributed by atoms with Crippen LogP contribution >= 0.6 is 12.6 Å². The van der Waals surface area contributed by atoms with Crippen LogP contribution < -0.4 is 5.32 Å². The first-order valence-corrected chi connectivity index (χ1v) is 6.65. The van der Waals surface area contributed by atoms with Crippen LogP contribution in [0.5, 0.6) is 0 Å². The Labute approximate surface area is 118 Å². The van der Waals surface area contributed by atoms with Gasteiger partial charge in [-0.2, -0.15) is 5.10 Å². The van der Waals surface area contributed by atoms with Crippen molar-refractivity contribution in [2.24, 2.45) is 0 Å². The molecule has 6 nitrogen and oxygen atoms in total. The third kappa shape index (κ3) is 4.45. The van der Waals surface area contributed by atoms with Gasteiger partial charge in [0.15, 0.2) is 0 Å². The normalized spacial score (nSPS) is 13.2. The molecular weight excluding hydrogens is 266 g/mol. The minimum atomic E-state index is -0.996. The van der Waals surface area contributed by atoms with Crippen molar-refractivity contribution in [3.8, 4) is 0 Å². The van der Waals surface area contributed by atoms with Crippen molar-refractivity contribution in [1.82, 2.24) is 15.5 Å². The van der Waals surface area contributed by atoms with Gasteiger partial charge in [0.25, 0.3) is 0 Å². The van der Waals surface area contributed by atoms with Crippen LogP contribution in [-0.4, -0.2) is 41.0 Å². The second-order valence-electron chi connectivity index (χ2n) is 3.84. The van der Waals surface area contributed by atoms with Crippen LogP contribution in [0, 0.1) is 0 Å². The fourth-order valence-corrected chi connectivity index (χ4v) is 2.01. The number of carboxylic acids is 1. The van der Waals surface area contributed by atoms with Crippen LogP contribution in [0.4, 0.5) is 0 Å². The van der Waals surface area contributed by atoms with Crippen LogP contribution in [0.2, 0.25) is 0 Å². The van der Waals surface area contributed by atoms with E-state index in [2.05, 4.69) is 28.1 Å². The number of fused-ring (bicyclic) bond motifs is 1. The standard InChI is InChI=1S/C8H9N3O2S.C4H10O/c12-8(13)6-4-3-9-2-1-5(4)10-11-7(6)14;1-3-5-4-2/h9H,1-3H2,(H,11,14)(H,12,13);3-4H2,1-2H3. The lowest BCUT2D eigenvalue weighted by Gasteiger charge is -2.17. The number of thiol groups is 1. The quantitative estimate of drug-likeness (QED) is 0.723. The van der Waals surface area contributed by atoms with E-state index in [1.807, 2.05) is 13.8 Å². The highest BCUT2D eigenvalue weighted by atomic mass is 32.1. The van der Waals surface area contributed by atoms with E-state index in [9.17, 15) is 4.79 Å². The Morgan fingerprint density at radius 3 is 2.63 bits per heavy atom. The molecule has 0 atom stereocenters. The van der Waals surface area contributed by atoms with Crippen molar-refractivity contribution >= 4 is 18.6 Å². The van der Waals surface area contributed by atoms with Gasteiger partial charge in [0.05, 0.1) is 11.3 Å². The molecule has 2 heterocycles. The molecule has 0 amide bonds. The predicted octanol–water partition coefficient (Wildman–Crippen LogP) is 1.15. The van der Waals surface area contributed by atoms with Crippen molar-refractivity contribution in [3.05, 3.63) is 16.8 Å². The SMILES string of the molecule is CCOCC.O=C(O)c1c(S)nnc2c1CNCC2. The lowest BCUT2D eigenvalue weighted by Crippen LogP contribution is -2.27. The van der Waals surface area contributed by atoms with E-state index >= 15 is 0 Å². The van der Waals surface area contributed by atoms with Crippen molar-refractivity contribution < 1.29 is 14.6 Å². The lowest BCUT2D eigenvalue weighted by molar-refractivity contribution is 0.0690. The van der Waals surface area contributed by atoms with Gasteiger partial charge in [0, 0.05) is 38.3 Å². The number of aromatic carboxylic acids is 1. The maximum atomic E-state index is 10.9. The molecule has 0 bridgehead atoms. The smallest absolute Gasteiger partial charge is 0.338 e. The second-order valence-corrected chi connectivity index (χ2v) is 4.26. The third-order valence-corrected chi connectivity index (χ3v) is 2.91. The minimum Gasteiger partial charge on any atom is -0.478 e. The fourth-order valence-electron chi connectivity index (χ4n) is 1.74. The summed E-state index contributed by atoms with van der Waals surface area (Å²) in [5, 5.41) is 19.9. The number of rotatable bonds is 3. The highest BCUT2D eigenvalue weighted by molar-refractivity contribution is 7.80. The monoisotopic (exact) mass is 285 g/mol. The van der Waals surface area contributed by atoms with Crippen LogP contribution in [0.1, 0.15) is 35.5 Å². The highest BCUT2D eigenvalue weighted by Crippen LogP contribution is 2.20. The predicted molar refractivity (Wildman–Crippen MR) is 73.8 cm³/mol. The van der Waals surface area contributed by atoms with E-state index in [4.69, 9.17) is 9.84 Å². The molecule has 0 aliphatic carbocycles. The van der Waals surface area contributed by atoms with E-state index in [1.54, 1.807) is 0 Å². The molecule has 0 aromatic carbocycles. The first-order chi connectivity index (χ1) is 9.11. The molecule has 2 N–H and O–H groups in total. The van der Waals surface area contributed by atoms with Crippen LogP contribution in [0.25, 0.3) is 0 Å². The molecule has 7 heteroatoms. The van der Waals surface area contributed by atoms with Gasteiger partial charge < -0.3 is 15.2 Å². The molecular formula is C12H19N3O3S. The van der Waals surface area contributed by atoms with Gasteiger partial charge in [-0.1, -0.05) is 0 Å². The van der Waals surface area contributed by atoms with Crippen molar-refractivity contribution in [2.75, 3.05) is 19.8 Å². The summed E-state index contributed by atoms with van der Waals surface area (Å²) in [4.78, 5) is 10.9. The topological polar surface area (TPSA) is 84.3 Å². The number of nitrogens with one attached hydrogen (secondary N) is 1. The molecule has 1 aliphatic heterocycles. The third-order valence-electron chi connectivity index (χ3n) is 2.60.